The van der Waals surface area contributed by atoms with Gasteiger partial charge in [0, 0.05) is 11.3 Å². The molecule has 3 aromatic rings. The Morgan fingerprint density at radius 3 is 2.42 bits per heavy atom. The van der Waals surface area contributed by atoms with Crippen molar-refractivity contribution < 1.29 is 4.39 Å². The van der Waals surface area contributed by atoms with Gasteiger partial charge in [0.1, 0.15) is 17.4 Å². The van der Waals surface area contributed by atoms with Crippen LogP contribution in [0.2, 0.25) is 0 Å². The first-order chi connectivity index (χ1) is 11.5. The summed E-state index contributed by atoms with van der Waals surface area (Å²) in [4.78, 5) is 14.6. The van der Waals surface area contributed by atoms with E-state index >= 15 is 0 Å². The molecule has 3 nitrogen and oxygen atoms in total. The van der Waals surface area contributed by atoms with Gasteiger partial charge < -0.3 is 4.98 Å². The molecule has 0 radical (unpaired) electrons. The van der Waals surface area contributed by atoms with Crippen molar-refractivity contribution in [2.24, 2.45) is 0 Å². The van der Waals surface area contributed by atoms with E-state index in [1.807, 2.05) is 36.4 Å². The molecule has 0 spiro atoms. The van der Waals surface area contributed by atoms with E-state index in [1.54, 1.807) is 26.0 Å². The van der Waals surface area contributed by atoms with Gasteiger partial charge in [-0.05, 0) is 54.3 Å². The predicted octanol–water partition coefficient (Wildman–Crippen LogP) is 4.34. The van der Waals surface area contributed by atoms with Gasteiger partial charge in [0.15, 0.2) is 0 Å². The van der Waals surface area contributed by atoms with Gasteiger partial charge in [0.25, 0.3) is 5.56 Å². The van der Waals surface area contributed by atoms with Crippen LogP contribution in [0.15, 0.2) is 53.3 Å². The molecule has 1 aromatic heterocycles. The summed E-state index contributed by atoms with van der Waals surface area (Å²) in [6, 6.07) is 16.2. The molecular weight excluding hydrogens is 303 g/mol. The average molecular weight is 318 g/mol. The molecule has 0 aliphatic rings. The number of hydrogen-bond acceptors (Lipinski definition) is 2. The molecule has 0 unspecified atom stereocenters. The van der Waals surface area contributed by atoms with Crippen molar-refractivity contribution in [3.63, 3.8) is 0 Å². The number of H-pyrrole nitrogens is 1. The van der Waals surface area contributed by atoms with Crippen molar-refractivity contribution in [3.05, 3.63) is 81.5 Å². The minimum absolute atomic E-state index is 0.0767. The van der Waals surface area contributed by atoms with Gasteiger partial charge >= 0.3 is 0 Å². The van der Waals surface area contributed by atoms with E-state index in [4.69, 9.17) is 0 Å². The third kappa shape index (κ3) is 2.84. The molecule has 4 heteroatoms. The number of nitrogens with zero attached hydrogens (tertiary/aromatic N) is 1. The third-order valence-corrected chi connectivity index (χ3v) is 3.96. The lowest BCUT2D eigenvalue weighted by Crippen LogP contribution is -2.12. The molecule has 1 heterocycles. The lowest BCUT2D eigenvalue weighted by atomic mass is 9.96. The number of aromatic nitrogens is 1. The monoisotopic (exact) mass is 318 g/mol. The summed E-state index contributed by atoms with van der Waals surface area (Å²) in [7, 11) is 0. The van der Waals surface area contributed by atoms with E-state index in [0.29, 0.717) is 16.8 Å². The van der Waals surface area contributed by atoms with Gasteiger partial charge in [-0.15, -0.1) is 0 Å². The highest BCUT2D eigenvalue weighted by Crippen LogP contribution is 2.28. The van der Waals surface area contributed by atoms with Crippen LogP contribution in [0.1, 0.15) is 16.8 Å². The van der Waals surface area contributed by atoms with E-state index < -0.39 is 5.56 Å². The Morgan fingerprint density at radius 2 is 1.71 bits per heavy atom. The van der Waals surface area contributed by atoms with Crippen LogP contribution in [-0.2, 0) is 0 Å². The SMILES string of the molecule is Cc1cc(-c2cccc(-c3ccc(C)c(F)c3)c2)c(C#N)c(=O)[nH]1. The Kier molecular flexibility index (Phi) is 4.01. The van der Waals surface area contributed by atoms with Crippen LogP contribution < -0.4 is 5.56 Å². The number of benzene rings is 2. The maximum absolute atomic E-state index is 13.8. The van der Waals surface area contributed by atoms with Crippen LogP contribution in [0, 0.1) is 31.0 Å². The minimum Gasteiger partial charge on any atom is -0.325 e. The van der Waals surface area contributed by atoms with Gasteiger partial charge in [-0.2, -0.15) is 5.26 Å². The second-order valence-electron chi connectivity index (χ2n) is 5.73. The summed E-state index contributed by atoms with van der Waals surface area (Å²) in [5.74, 6) is -0.261. The zero-order chi connectivity index (χ0) is 17.3. The van der Waals surface area contributed by atoms with Crippen molar-refractivity contribution in [3.8, 4) is 28.3 Å². The summed E-state index contributed by atoms with van der Waals surface area (Å²) in [5, 5.41) is 9.29. The topological polar surface area (TPSA) is 56.6 Å². The molecule has 0 saturated heterocycles. The standard InChI is InChI=1S/C20H15FN2O/c1-12-6-7-15(10-19(12)21)14-4-3-5-16(9-14)17-8-13(2)23-20(24)18(17)11-22/h3-10H,1-2H3,(H,23,24). The highest BCUT2D eigenvalue weighted by molar-refractivity contribution is 5.76. The fourth-order valence-corrected chi connectivity index (χ4v) is 2.67. The maximum Gasteiger partial charge on any atom is 0.266 e. The molecule has 0 bridgehead atoms. The molecule has 3 rings (SSSR count). The number of halogens is 1. The Hall–Kier alpha value is -3.19. The Bertz CT molecular complexity index is 1030. The van der Waals surface area contributed by atoms with Crippen LogP contribution in [0.4, 0.5) is 4.39 Å². The second kappa shape index (κ2) is 6.13. The van der Waals surface area contributed by atoms with Crippen LogP contribution in [-0.4, -0.2) is 4.98 Å². The minimum atomic E-state index is -0.403. The molecule has 0 aliphatic carbocycles. The summed E-state index contributed by atoms with van der Waals surface area (Å²) in [6.07, 6.45) is 0. The predicted molar refractivity (Wildman–Crippen MR) is 92.1 cm³/mol. The van der Waals surface area contributed by atoms with Gasteiger partial charge in [0.05, 0.1) is 0 Å². The van der Waals surface area contributed by atoms with Gasteiger partial charge in [-0.1, -0.05) is 30.3 Å². The van der Waals surface area contributed by atoms with E-state index in [9.17, 15) is 14.4 Å². The van der Waals surface area contributed by atoms with Gasteiger partial charge in [-0.3, -0.25) is 4.79 Å². The highest BCUT2D eigenvalue weighted by Gasteiger charge is 2.11. The number of rotatable bonds is 2. The zero-order valence-electron chi connectivity index (χ0n) is 13.4. The van der Waals surface area contributed by atoms with Crippen LogP contribution in [0.3, 0.4) is 0 Å². The number of aryl methyl sites for hydroxylation is 2. The molecule has 24 heavy (non-hydrogen) atoms. The lowest BCUT2D eigenvalue weighted by Gasteiger charge is -2.09. The molecule has 0 fully saturated rings. The molecular formula is C20H15FN2O. The lowest BCUT2D eigenvalue weighted by molar-refractivity contribution is 0.619. The van der Waals surface area contributed by atoms with Crippen molar-refractivity contribution in [2.45, 2.75) is 13.8 Å². The van der Waals surface area contributed by atoms with Crippen LogP contribution in [0.25, 0.3) is 22.3 Å². The molecule has 118 valence electrons. The Labute approximate surface area is 139 Å². The number of nitrogens with one attached hydrogen (secondary N) is 1. The zero-order valence-corrected chi connectivity index (χ0v) is 13.4. The number of aromatic amines is 1. The Balaban J connectivity index is 2.17. The first-order valence-electron chi connectivity index (χ1n) is 7.50. The van der Waals surface area contributed by atoms with Crippen LogP contribution in [0.5, 0.6) is 0 Å². The van der Waals surface area contributed by atoms with Crippen molar-refractivity contribution >= 4 is 0 Å². The molecule has 0 atom stereocenters. The van der Waals surface area contributed by atoms with Crippen molar-refractivity contribution in [1.82, 2.24) is 4.98 Å². The number of nitriles is 1. The highest BCUT2D eigenvalue weighted by atomic mass is 19.1. The summed E-state index contributed by atoms with van der Waals surface area (Å²) in [6.45, 7) is 3.49. The van der Waals surface area contributed by atoms with Gasteiger partial charge in [0.2, 0.25) is 0 Å². The number of pyridine rings is 1. The fourth-order valence-electron chi connectivity index (χ4n) is 2.67. The fraction of sp³-hybridized carbons (Fsp3) is 0.100. The first-order valence-corrected chi connectivity index (χ1v) is 7.50. The van der Waals surface area contributed by atoms with E-state index in [0.717, 1.165) is 16.7 Å². The summed E-state index contributed by atoms with van der Waals surface area (Å²) >= 11 is 0. The van der Waals surface area contributed by atoms with Crippen molar-refractivity contribution in [1.29, 1.82) is 5.26 Å². The molecule has 0 amide bonds. The van der Waals surface area contributed by atoms with Gasteiger partial charge in [-0.25, -0.2) is 4.39 Å². The van der Waals surface area contributed by atoms with E-state index in [1.165, 1.54) is 6.07 Å². The summed E-state index contributed by atoms with van der Waals surface area (Å²) in [5.41, 5.74) is 3.85. The molecule has 1 N–H and O–H groups in total. The third-order valence-electron chi connectivity index (χ3n) is 3.96. The average Bonchev–Trinajstić information content (AvgIpc) is 2.57. The molecule has 0 saturated carbocycles. The second-order valence-corrected chi connectivity index (χ2v) is 5.73. The first kappa shape index (κ1) is 15.7. The van der Waals surface area contributed by atoms with E-state index in [2.05, 4.69) is 4.98 Å². The van der Waals surface area contributed by atoms with Crippen molar-refractivity contribution in [2.75, 3.05) is 0 Å². The smallest absolute Gasteiger partial charge is 0.266 e. The maximum atomic E-state index is 13.8. The summed E-state index contributed by atoms with van der Waals surface area (Å²) < 4.78 is 13.8. The number of hydrogen-bond donors (Lipinski definition) is 1. The molecule has 0 aliphatic heterocycles. The largest absolute Gasteiger partial charge is 0.325 e. The molecule has 2 aromatic carbocycles. The quantitative estimate of drug-likeness (QED) is 0.764. The van der Waals surface area contributed by atoms with E-state index in [-0.39, 0.29) is 11.4 Å². The van der Waals surface area contributed by atoms with Crippen LogP contribution >= 0.6 is 0 Å². The Morgan fingerprint density at radius 1 is 1.00 bits per heavy atom. The normalized spacial score (nSPS) is 10.4.